The molecule has 1 atom stereocenters. The molecule has 2 heterocycles. The highest BCUT2D eigenvalue weighted by molar-refractivity contribution is 5.79. The lowest BCUT2D eigenvalue weighted by Gasteiger charge is -2.17. The van der Waals surface area contributed by atoms with E-state index in [1.807, 2.05) is 24.3 Å². The number of benzene rings is 2. The Morgan fingerprint density at radius 1 is 1.12 bits per heavy atom. The maximum Gasteiger partial charge on any atom is 0.416 e. The minimum Gasteiger partial charge on any atom is -0.497 e. The number of rotatable bonds is 7. The highest BCUT2D eigenvalue weighted by Gasteiger charge is 2.34. The Kier molecular flexibility index (Phi) is 6.16. The summed E-state index contributed by atoms with van der Waals surface area (Å²) in [6.07, 6.45) is -2.93. The van der Waals surface area contributed by atoms with Crippen LogP contribution >= 0.6 is 0 Å². The third-order valence-electron chi connectivity index (χ3n) is 5.48. The van der Waals surface area contributed by atoms with Gasteiger partial charge in [0.1, 0.15) is 5.75 Å². The van der Waals surface area contributed by atoms with Crippen molar-refractivity contribution in [3.8, 4) is 5.75 Å². The third-order valence-corrected chi connectivity index (χ3v) is 5.48. The molecule has 1 saturated heterocycles. The normalized spacial score (nSPS) is 16.6. The molecule has 1 fully saturated rings. The summed E-state index contributed by atoms with van der Waals surface area (Å²) in [5.41, 5.74) is 0.814. The van der Waals surface area contributed by atoms with Gasteiger partial charge in [-0.3, -0.25) is 4.79 Å². The van der Waals surface area contributed by atoms with Crippen molar-refractivity contribution in [2.45, 2.75) is 37.9 Å². The number of hydrogen-bond acceptors (Lipinski definition) is 5. The van der Waals surface area contributed by atoms with Crippen LogP contribution in [0.4, 0.5) is 13.2 Å². The molecule has 1 aliphatic heterocycles. The molecule has 0 aliphatic carbocycles. The van der Waals surface area contributed by atoms with E-state index in [1.165, 1.54) is 11.0 Å². The van der Waals surface area contributed by atoms with Gasteiger partial charge >= 0.3 is 6.18 Å². The summed E-state index contributed by atoms with van der Waals surface area (Å²) in [5, 5.41) is 4.03. The highest BCUT2D eigenvalue weighted by atomic mass is 19.4. The first-order chi connectivity index (χ1) is 15.3. The van der Waals surface area contributed by atoms with Crippen LogP contribution in [-0.4, -0.2) is 34.6 Å². The van der Waals surface area contributed by atoms with Gasteiger partial charge in [-0.1, -0.05) is 29.4 Å². The summed E-state index contributed by atoms with van der Waals surface area (Å²) in [7, 11) is 1.61. The van der Waals surface area contributed by atoms with E-state index in [4.69, 9.17) is 9.26 Å². The van der Waals surface area contributed by atoms with E-state index in [1.54, 1.807) is 13.2 Å². The van der Waals surface area contributed by atoms with Crippen LogP contribution < -0.4 is 4.74 Å². The molecule has 168 valence electrons. The summed E-state index contributed by atoms with van der Waals surface area (Å²) >= 11 is 0. The van der Waals surface area contributed by atoms with Crippen LogP contribution in [0.15, 0.2) is 53.1 Å². The lowest BCUT2D eigenvalue weighted by molar-refractivity contribution is -0.137. The molecule has 0 N–H and O–H groups in total. The minimum absolute atomic E-state index is 0.113. The van der Waals surface area contributed by atoms with Crippen LogP contribution in [0.3, 0.4) is 0 Å². The minimum atomic E-state index is -4.42. The van der Waals surface area contributed by atoms with Gasteiger partial charge in [0.15, 0.2) is 5.82 Å². The molecule has 6 nitrogen and oxygen atoms in total. The monoisotopic (exact) mass is 445 g/mol. The second-order valence-electron chi connectivity index (χ2n) is 7.77. The molecule has 2 aromatic carbocycles. The number of likely N-dealkylation sites (tertiary alicyclic amines) is 1. The van der Waals surface area contributed by atoms with Gasteiger partial charge in [-0.15, -0.1) is 0 Å². The van der Waals surface area contributed by atoms with E-state index in [9.17, 15) is 18.0 Å². The van der Waals surface area contributed by atoms with E-state index in [-0.39, 0.29) is 24.8 Å². The molecule has 0 bridgehead atoms. The fraction of sp³-hybridized carbons (Fsp3) is 0.348. The quantitative estimate of drug-likeness (QED) is 0.539. The predicted octanol–water partition coefficient (Wildman–Crippen LogP) is 4.40. The zero-order valence-corrected chi connectivity index (χ0v) is 17.4. The second-order valence-corrected chi connectivity index (χ2v) is 7.77. The molecule has 32 heavy (non-hydrogen) atoms. The van der Waals surface area contributed by atoms with Crippen molar-refractivity contribution in [1.29, 1.82) is 0 Å². The predicted molar refractivity (Wildman–Crippen MR) is 109 cm³/mol. The number of carbonyl (C=O) groups is 1. The largest absolute Gasteiger partial charge is 0.497 e. The Labute approximate surface area is 183 Å². The van der Waals surface area contributed by atoms with Gasteiger partial charge in [-0.05, 0) is 41.8 Å². The van der Waals surface area contributed by atoms with Crippen molar-refractivity contribution < 1.29 is 27.2 Å². The van der Waals surface area contributed by atoms with E-state index < -0.39 is 11.7 Å². The fourth-order valence-electron chi connectivity index (χ4n) is 3.74. The van der Waals surface area contributed by atoms with Gasteiger partial charge in [-0.25, -0.2) is 0 Å². The third kappa shape index (κ3) is 5.09. The van der Waals surface area contributed by atoms with Crippen molar-refractivity contribution >= 4 is 5.91 Å². The van der Waals surface area contributed by atoms with Crippen LogP contribution in [0, 0.1) is 0 Å². The fourth-order valence-corrected chi connectivity index (χ4v) is 3.74. The summed E-state index contributed by atoms with van der Waals surface area (Å²) in [6, 6.07) is 12.7. The molecule has 1 aromatic heterocycles. The number of carbonyl (C=O) groups excluding carboxylic acids is 1. The van der Waals surface area contributed by atoms with Gasteiger partial charge in [-0.2, -0.15) is 18.2 Å². The summed E-state index contributed by atoms with van der Waals surface area (Å²) < 4.78 is 49.3. The lowest BCUT2D eigenvalue weighted by atomic mass is 10.1. The smallest absolute Gasteiger partial charge is 0.416 e. The average Bonchev–Trinajstić information content (AvgIpc) is 3.39. The van der Waals surface area contributed by atoms with Crippen molar-refractivity contribution in [2.75, 3.05) is 13.7 Å². The number of hydrogen-bond donors (Lipinski definition) is 0. The molecule has 1 amide bonds. The SMILES string of the molecule is COc1ccc(CCc2nc(C3CC(=O)N(Cc4cccc(C(F)(F)F)c4)C3)no2)cc1. The molecule has 0 saturated carbocycles. The number of nitrogens with zero attached hydrogens (tertiary/aromatic N) is 3. The molecular formula is C23H22F3N3O3. The Morgan fingerprint density at radius 3 is 2.62 bits per heavy atom. The van der Waals surface area contributed by atoms with E-state index in [0.717, 1.165) is 29.9 Å². The standard InChI is InChI=1S/C23H22F3N3O3/c1-31-19-8-5-15(6-9-19)7-10-20-27-22(28-32-20)17-12-21(30)29(14-17)13-16-3-2-4-18(11-16)23(24,25)26/h2-6,8-9,11,17H,7,10,12-14H2,1H3. The first kappa shape index (κ1) is 21.9. The topological polar surface area (TPSA) is 68.5 Å². The number of amides is 1. The first-order valence-electron chi connectivity index (χ1n) is 10.2. The second kappa shape index (κ2) is 9.02. The molecule has 1 unspecified atom stereocenters. The van der Waals surface area contributed by atoms with E-state index in [0.29, 0.717) is 30.2 Å². The van der Waals surface area contributed by atoms with Gasteiger partial charge in [0.2, 0.25) is 11.8 Å². The van der Waals surface area contributed by atoms with Gasteiger partial charge < -0.3 is 14.2 Å². The summed E-state index contributed by atoms with van der Waals surface area (Å²) in [4.78, 5) is 18.4. The number of ether oxygens (including phenoxy) is 1. The number of alkyl halides is 3. The molecule has 9 heteroatoms. The van der Waals surface area contributed by atoms with Gasteiger partial charge in [0.05, 0.1) is 12.7 Å². The maximum atomic E-state index is 12.9. The van der Waals surface area contributed by atoms with E-state index in [2.05, 4.69) is 10.1 Å². The first-order valence-corrected chi connectivity index (χ1v) is 10.2. The van der Waals surface area contributed by atoms with Crippen molar-refractivity contribution in [1.82, 2.24) is 15.0 Å². The average molecular weight is 445 g/mol. The van der Waals surface area contributed by atoms with Crippen LogP contribution in [0.2, 0.25) is 0 Å². The molecule has 1 aliphatic rings. The number of aromatic nitrogens is 2. The lowest BCUT2D eigenvalue weighted by Crippen LogP contribution is -2.24. The number of methoxy groups -OCH3 is 1. The van der Waals surface area contributed by atoms with Crippen LogP contribution in [-0.2, 0) is 30.4 Å². The molecule has 0 spiro atoms. The van der Waals surface area contributed by atoms with Crippen molar-refractivity contribution in [3.63, 3.8) is 0 Å². The zero-order chi connectivity index (χ0) is 22.7. The molecular weight excluding hydrogens is 423 g/mol. The summed E-state index contributed by atoms with van der Waals surface area (Å²) in [6.45, 7) is 0.452. The van der Waals surface area contributed by atoms with Gasteiger partial charge in [0, 0.05) is 31.8 Å². The zero-order valence-electron chi connectivity index (χ0n) is 17.4. The Hall–Kier alpha value is -3.36. The van der Waals surface area contributed by atoms with Crippen LogP contribution in [0.5, 0.6) is 5.75 Å². The summed E-state index contributed by atoms with van der Waals surface area (Å²) in [5.74, 6) is 1.34. The Morgan fingerprint density at radius 2 is 1.91 bits per heavy atom. The van der Waals surface area contributed by atoms with E-state index >= 15 is 0 Å². The van der Waals surface area contributed by atoms with Crippen molar-refractivity contribution in [2.24, 2.45) is 0 Å². The number of aryl methyl sites for hydroxylation is 2. The Balaban J connectivity index is 1.35. The molecule has 3 aromatic rings. The Bertz CT molecular complexity index is 1080. The molecule has 0 radical (unpaired) electrons. The highest BCUT2D eigenvalue weighted by Crippen LogP contribution is 2.31. The van der Waals surface area contributed by atoms with Gasteiger partial charge in [0.25, 0.3) is 0 Å². The number of halogens is 3. The van der Waals surface area contributed by atoms with Crippen LogP contribution in [0.1, 0.15) is 40.7 Å². The van der Waals surface area contributed by atoms with Crippen molar-refractivity contribution in [3.05, 3.63) is 76.9 Å². The molecule has 4 rings (SSSR count). The maximum absolute atomic E-state index is 12.9. The van der Waals surface area contributed by atoms with Crippen LogP contribution in [0.25, 0.3) is 0 Å².